The molecule has 0 bridgehead atoms. The number of hydrogen-bond acceptors (Lipinski definition) is 1. The van der Waals surface area contributed by atoms with E-state index < -0.39 is 5.92 Å². The Kier molecular flexibility index (Phi) is 3.06. The number of aromatic nitrogens is 2. The molecule has 0 N–H and O–H groups in total. The molecule has 1 aliphatic rings. The van der Waals surface area contributed by atoms with E-state index in [0.29, 0.717) is 0 Å². The van der Waals surface area contributed by atoms with Gasteiger partial charge in [-0.05, 0) is 44.7 Å². The van der Waals surface area contributed by atoms with Crippen molar-refractivity contribution in [3.63, 3.8) is 0 Å². The third-order valence-corrected chi connectivity index (χ3v) is 3.04. The zero-order valence-corrected chi connectivity index (χ0v) is 10.5. The van der Waals surface area contributed by atoms with Crippen LogP contribution in [0.3, 0.4) is 0 Å². The first-order chi connectivity index (χ1) is 7.89. The zero-order chi connectivity index (χ0) is 12.6. The molecule has 1 aliphatic carbocycles. The van der Waals surface area contributed by atoms with Crippen LogP contribution in [0.1, 0.15) is 57.5 Å². The third kappa shape index (κ3) is 2.40. The first-order valence-corrected chi connectivity index (χ1v) is 6.07. The van der Waals surface area contributed by atoms with Crippen molar-refractivity contribution in [2.45, 2.75) is 52.0 Å². The fraction of sp³-hybridized carbons (Fsp3) is 0.615. The average Bonchev–Trinajstić information content (AvgIpc) is 2.85. The SMILES string of the molecule is CC(C)n1nc(C(C)(F)F)cc1C1=CCCC1. The van der Waals surface area contributed by atoms with Gasteiger partial charge in [-0.3, -0.25) is 4.68 Å². The smallest absolute Gasteiger partial charge is 0.262 e. The second-order valence-electron chi connectivity index (χ2n) is 4.96. The number of halogens is 2. The molecule has 0 saturated heterocycles. The van der Waals surface area contributed by atoms with Crippen molar-refractivity contribution in [3.05, 3.63) is 23.5 Å². The third-order valence-electron chi connectivity index (χ3n) is 3.04. The molecule has 0 saturated carbocycles. The van der Waals surface area contributed by atoms with Gasteiger partial charge in [0.05, 0.1) is 5.69 Å². The Balaban J connectivity index is 2.46. The van der Waals surface area contributed by atoms with Gasteiger partial charge in [0.1, 0.15) is 5.69 Å². The van der Waals surface area contributed by atoms with Crippen molar-refractivity contribution in [3.8, 4) is 0 Å². The predicted octanol–water partition coefficient (Wildman–Crippen LogP) is 4.14. The Labute approximate surface area is 100 Å². The highest BCUT2D eigenvalue weighted by Crippen LogP contribution is 2.33. The van der Waals surface area contributed by atoms with Crippen LogP contribution in [0, 0.1) is 0 Å². The topological polar surface area (TPSA) is 17.8 Å². The number of allylic oxidation sites excluding steroid dienone is 2. The molecule has 1 aromatic heterocycles. The van der Waals surface area contributed by atoms with Crippen LogP contribution in [0.4, 0.5) is 8.78 Å². The number of rotatable bonds is 3. The lowest BCUT2D eigenvalue weighted by molar-refractivity contribution is 0.0120. The summed E-state index contributed by atoms with van der Waals surface area (Å²) in [7, 11) is 0. The Morgan fingerprint density at radius 2 is 2.12 bits per heavy atom. The number of hydrogen-bond donors (Lipinski definition) is 0. The van der Waals surface area contributed by atoms with Gasteiger partial charge in [0.2, 0.25) is 0 Å². The van der Waals surface area contributed by atoms with Gasteiger partial charge < -0.3 is 0 Å². The lowest BCUT2D eigenvalue weighted by Gasteiger charge is -2.11. The Morgan fingerprint density at radius 3 is 2.59 bits per heavy atom. The molecule has 2 rings (SSSR count). The molecule has 1 aromatic rings. The van der Waals surface area contributed by atoms with Crippen LogP contribution in [0.25, 0.3) is 5.57 Å². The summed E-state index contributed by atoms with van der Waals surface area (Å²) in [5.74, 6) is -2.87. The van der Waals surface area contributed by atoms with Gasteiger partial charge in [-0.1, -0.05) is 6.08 Å². The van der Waals surface area contributed by atoms with Gasteiger partial charge in [-0.2, -0.15) is 13.9 Å². The number of nitrogens with zero attached hydrogens (tertiary/aromatic N) is 2. The zero-order valence-electron chi connectivity index (χ0n) is 10.5. The lowest BCUT2D eigenvalue weighted by atomic mass is 10.1. The van der Waals surface area contributed by atoms with Gasteiger partial charge in [0.15, 0.2) is 0 Å². The monoisotopic (exact) mass is 240 g/mol. The minimum Gasteiger partial charge on any atom is -0.262 e. The quantitative estimate of drug-likeness (QED) is 0.776. The van der Waals surface area contributed by atoms with Crippen molar-refractivity contribution in [2.24, 2.45) is 0 Å². The summed E-state index contributed by atoms with van der Waals surface area (Å²) in [6.45, 7) is 4.82. The maximum Gasteiger partial charge on any atom is 0.288 e. The van der Waals surface area contributed by atoms with Crippen LogP contribution < -0.4 is 0 Å². The summed E-state index contributed by atoms with van der Waals surface area (Å²) in [5, 5.41) is 4.05. The summed E-state index contributed by atoms with van der Waals surface area (Å²) in [6, 6.07) is 1.64. The summed E-state index contributed by atoms with van der Waals surface area (Å²) in [5.41, 5.74) is 1.88. The van der Waals surface area contributed by atoms with Gasteiger partial charge in [-0.25, -0.2) is 0 Å². The molecule has 0 fully saturated rings. The van der Waals surface area contributed by atoms with Gasteiger partial charge in [0, 0.05) is 13.0 Å². The lowest BCUT2D eigenvalue weighted by Crippen LogP contribution is -2.11. The molecule has 0 aromatic carbocycles. The fourth-order valence-corrected chi connectivity index (χ4v) is 2.15. The van der Waals surface area contributed by atoms with Crippen molar-refractivity contribution < 1.29 is 8.78 Å². The predicted molar refractivity (Wildman–Crippen MR) is 64.0 cm³/mol. The molecule has 0 radical (unpaired) electrons. The van der Waals surface area contributed by atoms with E-state index in [4.69, 9.17) is 0 Å². The first kappa shape index (κ1) is 12.3. The minimum absolute atomic E-state index is 0.0996. The first-order valence-electron chi connectivity index (χ1n) is 6.07. The van der Waals surface area contributed by atoms with Gasteiger partial charge in [0.25, 0.3) is 5.92 Å². The van der Waals surface area contributed by atoms with Crippen molar-refractivity contribution >= 4 is 5.57 Å². The highest BCUT2D eigenvalue weighted by molar-refractivity contribution is 5.65. The molecule has 1 heterocycles. The Morgan fingerprint density at radius 1 is 1.41 bits per heavy atom. The second-order valence-corrected chi connectivity index (χ2v) is 4.96. The van der Waals surface area contributed by atoms with E-state index in [1.807, 2.05) is 13.8 Å². The molecule has 0 amide bonds. The molecule has 0 unspecified atom stereocenters. The van der Waals surface area contributed by atoms with E-state index in [9.17, 15) is 8.78 Å². The highest BCUT2D eigenvalue weighted by Gasteiger charge is 2.30. The van der Waals surface area contributed by atoms with Gasteiger partial charge in [-0.15, -0.1) is 0 Å². The fourth-order valence-electron chi connectivity index (χ4n) is 2.15. The molecule has 17 heavy (non-hydrogen) atoms. The van der Waals surface area contributed by atoms with E-state index in [-0.39, 0.29) is 11.7 Å². The largest absolute Gasteiger partial charge is 0.288 e. The molecule has 94 valence electrons. The van der Waals surface area contributed by atoms with Crippen molar-refractivity contribution in [2.75, 3.05) is 0 Å². The Hall–Kier alpha value is -1.19. The molecule has 0 aliphatic heterocycles. The molecular weight excluding hydrogens is 222 g/mol. The van der Waals surface area contributed by atoms with E-state index in [1.54, 1.807) is 4.68 Å². The standard InChI is InChI=1S/C13H18F2N2/c1-9(2)17-11(10-6-4-5-7-10)8-12(16-17)13(3,14)15/h6,8-9H,4-5,7H2,1-3H3. The summed E-state index contributed by atoms with van der Waals surface area (Å²) >= 11 is 0. The van der Waals surface area contributed by atoms with Crippen molar-refractivity contribution in [1.82, 2.24) is 9.78 Å². The molecule has 4 heteroatoms. The normalized spacial score (nSPS) is 16.7. The Bertz CT molecular complexity index is 439. The summed E-state index contributed by atoms with van der Waals surface area (Å²) in [4.78, 5) is 0. The van der Waals surface area contributed by atoms with Crippen LogP contribution in [0.15, 0.2) is 12.1 Å². The van der Waals surface area contributed by atoms with Crippen LogP contribution >= 0.6 is 0 Å². The van der Waals surface area contributed by atoms with E-state index in [0.717, 1.165) is 37.5 Å². The highest BCUT2D eigenvalue weighted by atomic mass is 19.3. The summed E-state index contributed by atoms with van der Waals surface area (Å²) in [6.07, 6.45) is 5.24. The second kappa shape index (κ2) is 4.24. The molecular formula is C13H18F2N2. The maximum atomic E-state index is 13.3. The molecule has 0 atom stereocenters. The number of alkyl halides is 2. The van der Waals surface area contributed by atoms with Gasteiger partial charge >= 0.3 is 0 Å². The average molecular weight is 240 g/mol. The molecule has 0 spiro atoms. The summed E-state index contributed by atoms with van der Waals surface area (Å²) < 4.78 is 28.3. The minimum atomic E-state index is -2.87. The van der Waals surface area contributed by atoms with Crippen molar-refractivity contribution in [1.29, 1.82) is 0 Å². The van der Waals surface area contributed by atoms with E-state index in [2.05, 4.69) is 11.2 Å². The van der Waals surface area contributed by atoms with Crippen LogP contribution in [0.5, 0.6) is 0 Å². The molecule has 2 nitrogen and oxygen atoms in total. The van der Waals surface area contributed by atoms with E-state index >= 15 is 0 Å². The van der Waals surface area contributed by atoms with Crippen LogP contribution in [-0.2, 0) is 5.92 Å². The van der Waals surface area contributed by atoms with Crippen LogP contribution in [0.2, 0.25) is 0 Å². The maximum absolute atomic E-state index is 13.3. The van der Waals surface area contributed by atoms with Crippen LogP contribution in [-0.4, -0.2) is 9.78 Å². The van der Waals surface area contributed by atoms with E-state index in [1.165, 1.54) is 6.07 Å².